The first kappa shape index (κ1) is 18.5. The molecule has 0 bridgehead atoms. The molecule has 8 heteroatoms. The molecule has 1 saturated heterocycles. The first-order valence-electron chi connectivity index (χ1n) is 8.44. The van der Waals surface area contributed by atoms with Crippen LogP contribution in [0.15, 0.2) is 47.1 Å². The lowest BCUT2D eigenvalue weighted by molar-refractivity contribution is -0.937. The molecule has 1 amide bonds. The first-order chi connectivity index (χ1) is 12.6. The maximum Gasteiger partial charge on any atom is 0.293 e. The minimum atomic E-state index is -0.399. The van der Waals surface area contributed by atoms with Gasteiger partial charge in [0.05, 0.1) is 26.0 Å². The van der Waals surface area contributed by atoms with E-state index in [1.54, 1.807) is 24.3 Å². The maximum atomic E-state index is 13.3. The summed E-state index contributed by atoms with van der Waals surface area (Å²) in [6, 6.07) is 9.76. The quantitative estimate of drug-likeness (QED) is 0.668. The van der Waals surface area contributed by atoms with Crippen LogP contribution in [0.25, 0.3) is 0 Å². The van der Waals surface area contributed by atoms with Gasteiger partial charge in [0.15, 0.2) is 10.9 Å². The molecule has 0 unspecified atom stereocenters. The minimum Gasteiger partial charge on any atom is -0.459 e. The third kappa shape index (κ3) is 4.87. The van der Waals surface area contributed by atoms with Crippen LogP contribution in [0.1, 0.15) is 22.2 Å². The van der Waals surface area contributed by atoms with E-state index < -0.39 is 5.91 Å². The number of halogens is 1. The highest BCUT2D eigenvalue weighted by Crippen LogP contribution is 2.11. The van der Waals surface area contributed by atoms with E-state index in [0.29, 0.717) is 19.8 Å². The van der Waals surface area contributed by atoms with Gasteiger partial charge in [0.25, 0.3) is 5.91 Å². The Labute approximate surface area is 156 Å². The van der Waals surface area contributed by atoms with Crippen molar-refractivity contribution in [3.8, 4) is 0 Å². The third-order valence-electron chi connectivity index (χ3n) is 4.34. The molecule has 0 aliphatic carbocycles. The van der Waals surface area contributed by atoms with E-state index in [2.05, 4.69) is 10.6 Å². The summed E-state index contributed by atoms with van der Waals surface area (Å²) in [4.78, 5) is 13.3. The average molecular weight is 378 g/mol. The molecule has 0 radical (unpaired) electrons. The fourth-order valence-electron chi connectivity index (χ4n) is 2.99. The summed E-state index contributed by atoms with van der Waals surface area (Å²) in [6.07, 6.45) is 1.43. The Kier molecular flexibility index (Phi) is 6.32. The Bertz CT molecular complexity index is 731. The zero-order chi connectivity index (χ0) is 18.4. The zero-order valence-electron chi connectivity index (χ0n) is 14.2. The van der Waals surface area contributed by atoms with E-state index >= 15 is 0 Å². The van der Waals surface area contributed by atoms with Gasteiger partial charge in [0.2, 0.25) is 0 Å². The van der Waals surface area contributed by atoms with Gasteiger partial charge in [0.1, 0.15) is 24.9 Å². The highest BCUT2D eigenvalue weighted by molar-refractivity contribution is 7.80. The van der Waals surface area contributed by atoms with Gasteiger partial charge in [-0.05, 0) is 36.5 Å². The number of hydrogen-bond acceptors (Lipinski definition) is 4. The molecule has 2 heterocycles. The average Bonchev–Trinajstić information content (AvgIpc) is 3.19. The number of furan rings is 1. The van der Waals surface area contributed by atoms with Crippen molar-refractivity contribution in [3.05, 3.63) is 59.8 Å². The molecule has 138 valence electrons. The number of nitrogens with one attached hydrogen (secondary N) is 3. The largest absolute Gasteiger partial charge is 0.459 e. The number of hydrogen-bond donors (Lipinski definition) is 3. The number of morpholine rings is 1. The lowest BCUT2D eigenvalue weighted by atomic mass is 10.0. The molecule has 1 aliphatic heterocycles. The van der Waals surface area contributed by atoms with Crippen molar-refractivity contribution >= 4 is 23.2 Å². The van der Waals surface area contributed by atoms with Gasteiger partial charge in [0, 0.05) is 5.56 Å². The van der Waals surface area contributed by atoms with Crippen molar-refractivity contribution in [2.75, 3.05) is 32.8 Å². The summed E-state index contributed by atoms with van der Waals surface area (Å²) in [5.74, 6) is -0.466. The summed E-state index contributed by atoms with van der Waals surface area (Å²) in [7, 11) is 0. The Morgan fingerprint density at radius 1 is 1.23 bits per heavy atom. The number of thiocarbonyl (C=S) groups is 1. The van der Waals surface area contributed by atoms with E-state index in [1.165, 1.54) is 23.3 Å². The highest BCUT2D eigenvalue weighted by atomic mass is 32.1. The van der Waals surface area contributed by atoms with Crippen molar-refractivity contribution in [1.29, 1.82) is 0 Å². The topological polar surface area (TPSA) is 67.9 Å². The summed E-state index contributed by atoms with van der Waals surface area (Å²) < 4.78 is 23.7. The number of quaternary nitrogens is 1. The second-order valence-electron chi connectivity index (χ2n) is 6.02. The predicted molar refractivity (Wildman–Crippen MR) is 97.4 cm³/mol. The minimum absolute atomic E-state index is 0.0676. The van der Waals surface area contributed by atoms with Crippen LogP contribution < -0.4 is 15.5 Å². The summed E-state index contributed by atoms with van der Waals surface area (Å²) >= 11 is 5.22. The summed E-state index contributed by atoms with van der Waals surface area (Å²) in [5.41, 5.74) is 1.01. The number of ether oxygens (including phenoxy) is 1. The second-order valence-corrected chi connectivity index (χ2v) is 6.42. The second kappa shape index (κ2) is 8.88. The van der Waals surface area contributed by atoms with Crippen molar-refractivity contribution in [2.45, 2.75) is 6.04 Å². The van der Waals surface area contributed by atoms with Gasteiger partial charge >= 0.3 is 0 Å². The number of benzene rings is 1. The van der Waals surface area contributed by atoms with E-state index in [0.717, 1.165) is 18.7 Å². The molecule has 26 heavy (non-hydrogen) atoms. The first-order valence-corrected chi connectivity index (χ1v) is 8.85. The molecule has 1 aromatic carbocycles. The van der Waals surface area contributed by atoms with Crippen LogP contribution in [0.5, 0.6) is 0 Å². The Morgan fingerprint density at radius 2 is 1.96 bits per heavy atom. The number of carbonyl (C=O) groups excluding carboxylic acids is 1. The zero-order valence-corrected chi connectivity index (χ0v) is 15.0. The maximum absolute atomic E-state index is 13.3. The van der Waals surface area contributed by atoms with E-state index in [9.17, 15) is 9.18 Å². The van der Waals surface area contributed by atoms with Gasteiger partial charge in [-0.1, -0.05) is 12.1 Å². The molecule has 1 fully saturated rings. The lowest BCUT2D eigenvalue weighted by Crippen LogP contribution is -3.15. The third-order valence-corrected chi connectivity index (χ3v) is 4.59. The molecule has 0 spiro atoms. The van der Waals surface area contributed by atoms with Crippen molar-refractivity contribution in [1.82, 2.24) is 10.6 Å². The van der Waals surface area contributed by atoms with Crippen LogP contribution in [0, 0.1) is 5.82 Å². The van der Waals surface area contributed by atoms with Crippen LogP contribution in [-0.4, -0.2) is 43.9 Å². The fourth-order valence-corrected chi connectivity index (χ4v) is 3.16. The number of amides is 1. The van der Waals surface area contributed by atoms with E-state index in [-0.39, 0.29) is 22.7 Å². The van der Waals surface area contributed by atoms with Gasteiger partial charge in [-0.2, -0.15) is 0 Å². The molecule has 6 nitrogen and oxygen atoms in total. The van der Waals surface area contributed by atoms with Gasteiger partial charge in [-0.3, -0.25) is 10.1 Å². The van der Waals surface area contributed by atoms with Gasteiger partial charge < -0.3 is 19.4 Å². The van der Waals surface area contributed by atoms with E-state index in [4.69, 9.17) is 21.4 Å². The molecule has 1 aromatic heterocycles. The van der Waals surface area contributed by atoms with Crippen LogP contribution in [-0.2, 0) is 4.74 Å². The summed E-state index contributed by atoms with van der Waals surface area (Å²) in [5, 5.41) is 5.91. The summed E-state index contributed by atoms with van der Waals surface area (Å²) in [6.45, 7) is 3.60. The number of rotatable bonds is 5. The lowest BCUT2D eigenvalue weighted by Gasteiger charge is -2.32. The molecular formula is C18H21FN3O3S+. The Balaban J connectivity index is 1.62. The van der Waals surface area contributed by atoms with Crippen LogP contribution in [0.2, 0.25) is 0 Å². The smallest absolute Gasteiger partial charge is 0.293 e. The Hall–Kier alpha value is -2.29. The van der Waals surface area contributed by atoms with Crippen LogP contribution in [0.4, 0.5) is 4.39 Å². The SMILES string of the molecule is O=C(NC(=S)NC[C@H](c1ccc(F)cc1)[NH+]1CCOCC1)c1ccco1. The Morgan fingerprint density at radius 3 is 2.62 bits per heavy atom. The molecule has 3 rings (SSSR count). The van der Waals surface area contributed by atoms with Crippen molar-refractivity contribution in [2.24, 2.45) is 0 Å². The van der Waals surface area contributed by atoms with Crippen LogP contribution in [0.3, 0.4) is 0 Å². The molecule has 2 aromatic rings. The molecule has 1 atom stereocenters. The molecular weight excluding hydrogens is 357 g/mol. The van der Waals surface area contributed by atoms with Crippen molar-refractivity contribution < 1.29 is 23.2 Å². The number of carbonyl (C=O) groups is 1. The normalized spacial score (nSPS) is 16.0. The monoisotopic (exact) mass is 378 g/mol. The highest BCUT2D eigenvalue weighted by Gasteiger charge is 2.26. The fraction of sp³-hybridized carbons (Fsp3) is 0.333. The van der Waals surface area contributed by atoms with E-state index in [1.807, 2.05) is 0 Å². The molecule has 0 saturated carbocycles. The standard InChI is InChI=1S/C18H20FN3O3S/c19-14-5-3-13(4-6-14)15(22-7-10-24-11-8-22)12-20-18(26)21-17(23)16-2-1-9-25-16/h1-6,9,15H,7-8,10-12H2,(H2,20,21,23,26)/p+1/t15-/m1/s1. The van der Waals surface area contributed by atoms with Crippen molar-refractivity contribution in [3.63, 3.8) is 0 Å². The predicted octanol–water partition coefficient (Wildman–Crippen LogP) is 0.679. The van der Waals surface area contributed by atoms with Gasteiger partial charge in [-0.15, -0.1) is 0 Å². The van der Waals surface area contributed by atoms with Gasteiger partial charge in [-0.25, -0.2) is 4.39 Å². The molecule has 3 N–H and O–H groups in total. The molecule has 1 aliphatic rings. The van der Waals surface area contributed by atoms with Crippen LogP contribution >= 0.6 is 12.2 Å².